The lowest BCUT2D eigenvalue weighted by Crippen LogP contribution is -2.15. The van der Waals surface area contributed by atoms with E-state index in [4.69, 9.17) is 26.8 Å². The van der Waals surface area contributed by atoms with E-state index >= 15 is 0 Å². The van der Waals surface area contributed by atoms with Gasteiger partial charge in [0.2, 0.25) is 0 Å². The number of para-hydroxylation sites is 1. The number of nitriles is 1. The summed E-state index contributed by atoms with van der Waals surface area (Å²) in [5.74, 6) is 2.02. The lowest BCUT2D eigenvalue weighted by Gasteiger charge is -2.13. The molecule has 7 nitrogen and oxygen atoms in total. The van der Waals surface area contributed by atoms with Gasteiger partial charge in [-0.1, -0.05) is 23.7 Å². The Morgan fingerprint density at radius 3 is 2.60 bits per heavy atom. The molecule has 8 heteroatoms. The number of hydrogen-bond donors (Lipinski definition) is 2. The van der Waals surface area contributed by atoms with Gasteiger partial charge in [-0.05, 0) is 42.8 Å². The van der Waals surface area contributed by atoms with Gasteiger partial charge in [0.05, 0.1) is 17.9 Å². The molecule has 0 amide bonds. The van der Waals surface area contributed by atoms with Gasteiger partial charge in [-0.15, -0.1) is 0 Å². The number of halogens is 1. The normalized spacial score (nSPS) is 10.6. The monoisotopic (exact) mass is 415 g/mol. The number of fused-ring (bicyclic) bond motifs is 1. The summed E-state index contributed by atoms with van der Waals surface area (Å²) in [5.41, 5.74) is 3.12. The number of hydrogen-bond acceptors (Lipinski definition) is 7. The zero-order chi connectivity index (χ0) is 20.9. The number of rotatable bonds is 6. The highest BCUT2D eigenvalue weighted by Gasteiger charge is 2.11. The summed E-state index contributed by atoms with van der Waals surface area (Å²) in [5, 5.41) is 17.0. The first kappa shape index (κ1) is 19.6. The maximum atomic E-state index is 8.79. The number of aromatic nitrogens is 4. The van der Waals surface area contributed by atoms with Crippen molar-refractivity contribution in [2.75, 3.05) is 23.7 Å². The summed E-state index contributed by atoms with van der Waals surface area (Å²) in [6.45, 7) is 3.21. The second-order valence-electron chi connectivity index (χ2n) is 6.62. The van der Waals surface area contributed by atoms with Gasteiger partial charge in [0, 0.05) is 29.1 Å². The van der Waals surface area contributed by atoms with Crippen LogP contribution in [0.15, 0.2) is 54.9 Å². The lowest BCUT2D eigenvalue weighted by atomic mass is 10.1. The Morgan fingerprint density at radius 2 is 1.83 bits per heavy atom. The molecule has 2 aromatic heterocycles. The third-order valence-electron chi connectivity index (χ3n) is 4.52. The fourth-order valence-electron chi connectivity index (χ4n) is 3.06. The van der Waals surface area contributed by atoms with E-state index in [9.17, 15) is 0 Å². The lowest BCUT2D eigenvalue weighted by molar-refractivity contribution is 1.03. The van der Waals surface area contributed by atoms with Crippen molar-refractivity contribution in [1.29, 1.82) is 5.26 Å². The van der Waals surface area contributed by atoms with E-state index in [2.05, 4.69) is 20.6 Å². The minimum atomic E-state index is 0.288. The molecule has 0 atom stereocenters. The minimum absolute atomic E-state index is 0.288. The van der Waals surface area contributed by atoms with Crippen molar-refractivity contribution < 1.29 is 0 Å². The molecule has 2 N–H and O–H groups in total. The predicted octanol–water partition coefficient (Wildman–Crippen LogP) is 4.44. The van der Waals surface area contributed by atoms with Crippen molar-refractivity contribution >= 4 is 34.1 Å². The predicted molar refractivity (Wildman–Crippen MR) is 118 cm³/mol. The molecular weight excluding hydrogens is 398 g/mol. The van der Waals surface area contributed by atoms with Crippen molar-refractivity contribution in [2.24, 2.45) is 0 Å². The molecule has 0 fully saturated rings. The fraction of sp³-hybridized carbons (Fsp3) is 0.136. The number of nitrogens with one attached hydrogen (secondary N) is 2. The quantitative estimate of drug-likeness (QED) is 0.449. The van der Waals surface area contributed by atoms with Gasteiger partial charge in [-0.25, -0.2) is 19.9 Å². The summed E-state index contributed by atoms with van der Waals surface area (Å²) in [6.07, 6.45) is 2.98. The van der Waals surface area contributed by atoms with Crippen molar-refractivity contribution in [2.45, 2.75) is 6.92 Å². The van der Waals surface area contributed by atoms with Crippen LogP contribution >= 0.6 is 11.6 Å². The van der Waals surface area contributed by atoms with Crippen molar-refractivity contribution in [3.63, 3.8) is 0 Å². The van der Waals surface area contributed by atoms with Gasteiger partial charge < -0.3 is 10.6 Å². The van der Waals surface area contributed by atoms with Crippen LogP contribution in [0.2, 0.25) is 5.02 Å². The summed E-state index contributed by atoms with van der Waals surface area (Å²) >= 11 is 6.10. The third kappa shape index (κ3) is 4.29. The van der Waals surface area contributed by atoms with Crippen LogP contribution in [-0.2, 0) is 0 Å². The second kappa shape index (κ2) is 8.72. The SMILES string of the molecule is Cc1cc(Cl)ccc1-c1nc(NCCNc2cnc(C#N)cn2)c2ccccc2n1. The van der Waals surface area contributed by atoms with Crippen LogP contribution < -0.4 is 10.6 Å². The fourth-order valence-corrected chi connectivity index (χ4v) is 3.28. The molecule has 4 rings (SSSR count). The van der Waals surface area contributed by atoms with Crippen LogP contribution in [0.5, 0.6) is 0 Å². The van der Waals surface area contributed by atoms with E-state index in [1.54, 1.807) is 6.20 Å². The molecule has 2 aromatic carbocycles. The molecule has 0 unspecified atom stereocenters. The Bertz CT molecular complexity index is 1230. The first-order valence-corrected chi connectivity index (χ1v) is 9.75. The Balaban J connectivity index is 1.54. The van der Waals surface area contributed by atoms with Crippen molar-refractivity contribution in [1.82, 2.24) is 19.9 Å². The Labute approximate surface area is 178 Å². The van der Waals surface area contributed by atoms with Crippen LogP contribution in [-0.4, -0.2) is 33.0 Å². The molecule has 0 aliphatic heterocycles. The van der Waals surface area contributed by atoms with Gasteiger partial charge in [0.15, 0.2) is 11.5 Å². The highest BCUT2D eigenvalue weighted by Crippen LogP contribution is 2.28. The van der Waals surface area contributed by atoms with E-state index in [0.29, 0.717) is 29.8 Å². The molecule has 148 valence electrons. The van der Waals surface area contributed by atoms with Gasteiger partial charge in [0.1, 0.15) is 17.7 Å². The van der Waals surface area contributed by atoms with Gasteiger partial charge in [0.25, 0.3) is 0 Å². The minimum Gasteiger partial charge on any atom is -0.368 e. The number of benzene rings is 2. The Hall–Kier alpha value is -3.76. The van der Waals surface area contributed by atoms with Crippen LogP contribution in [0, 0.1) is 18.3 Å². The number of aryl methyl sites for hydroxylation is 1. The third-order valence-corrected chi connectivity index (χ3v) is 4.76. The van der Waals surface area contributed by atoms with Crippen LogP contribution in [0.3, 0.4) is 0 Å². The standard InChI is InChI=1S/C22H18ClN7/c1-14-10-15(23)6-7-17(14)22-29-19-5-3-2-4-18(19)21(30-22)26-9-8-25-20-13-27-16(11-24)12-28-20/h2-7,10,12-13H,8-9H2,1H3,(H,25,28)(H,26,29,30). The molecule has 4 aromatic rings. The van der Waals surface area contributed by atoms with Crippen LogP contribution in [0.1, 0.15) is 11.3 Å². The van der Waals surface area contributed by atoms with Crippen LogP contribution in [0.25, 0.3) is 22.3 Å². The first-order chi connectivity index (χ1) is 14.6. The summed E-state index contributed by atoms with van der Waals surface area (Å²) in [7, 11) is 0. The maximum absolute atomic E-state index is 8.79. The highest BCUT2D eigenvalue weighted by atomic mass is 35.5. The molecule has 0 aliphatic carbocycles. The van der Waals surface area contributed by atoms with Gasteiger partial charge in [-0.3, -0.25) is 0 Å². The summed E-state index contributed by atoms with van der Waals surface area (Å²) in [6, 6.07) is 15.5. The number of nitrogens with zero attached hydrogens (tertiary/aromatic N) is 5. The average molecular weight is 416 g/mol. The summed E-state index contributed by atoms with van der Waals surface area (Å²) < 4.78 is 0. The zero-order valence-corrected chi connectivity index (χ0v) is 17.0. The van der Waals surface area contributed by atoms with Gasteiger partial charge >= 0.3 is 0 Å². The van der Waals surface area contributed by atoms with E-state index in [0.717, 1.165) is 27.8 Å². The Morgan fingerprint density at radius 1 is 1.00 bits per heavy atom. The van der Waals surface area contributed by atoms with E-state index in [1.165, 1.54) is 6.20 Å². The molecule has 0 aliphatic rings. The Kier molecular flexibility index (Phi) is 5.68. The van der Waals surface area contributed by atoms with Crippen molar-refractivity contribution in [3.8, 4) is 17.5 Å². The summed E-state index contributed by atoms with van der Waals surface area (Å²) in [4.78, 5) is 17.7. The van der Waals surface area contributed by atoms with Crippen LogP contribution in [0.4, 0.5) is 11.6 Å². The smallest absolute Gasteiger partial charge is 0.162 e. The topological polar surface area (TPSA) is 99.4 Å². The first-order valence-electron chi connectivity index (χ1n) is 9.37. The molecule has 0 saturated carbocycles. The maximum Gasteiger partial charge on any atom is 0.162 e. The zero-order valence-electron chi connectivity index (χ0n) is 16.2. The molecule has 0 spiro atoms. The van der Waals surface area contributed by atoms with E-state index < -0.39 is 0 Å². The second-order valence-corrected chi connectivity index (χ2v) is 7.06. The largest absolute Gasteiger partial charge is 0.368 e. The molecule has 0 saturated heterocycles. The molecule has 0 radical (unpaired) electrons. The highest BCUT2D eigenvalue weighted by molar-refractivity contribution is 6.30. The average Bonchev–Trinajstić information content (AvgIpc) is 2.77. The van der Waals surface area contributed by atoms with Gasteiger partial charge in [-0.2, -0.15) is 5.26 Å². The molecular formula is C22H18ClN7. The van der Waals surface area contributed by atoms with E-state index in [-0.39, 0.29) is 5.69 Å². The molecule has 0 bridgehead atoms. The molecule has 30 heavy (non-hydrogen) atoms. The number of anilines is 2. The molecule has 2 heterocycles. The van der Waals surface area contributed by atoms with Crippen molar-refractivity contribution in [3.05, 3.63) is 71.1 Å². The van der Waals surface area contributed by atoms with E-state index in [1.807, 2.05) is 55.5 Å².